The summed E-state index contributed by atoms with van der Waals surface area (Å²) in [6.07, 6.45) is 2.64. The summed E-state index contributed by atoms with van der Waals surface area (Å²) in [6, 6.07) is 5.20. The van der Waals surface area contributed by atoms with Crippen molar-refractivity contribution in [1.82, 2.24) is 0 Å². The van der Waals surface area contributed by atoms with Crippen LogP contribution in [0.2, 0.25) is 18.1 Å². The van der Waals surface area contributed by atoms with Crippen molar-refractivity contribution in [2.45, 2.75) is 38.9 Å². The van der Waals surface area contributed by atoms with Gasteiger partial charge in [0.05, 0.1) is 17.3 Å². The van der Waals surface area contributed by atoms with E-state index < -0.39 is 18.1 Å². The Hall–Kier alpha value is -0.753. The highest BCUT2D eigenvalue weighted by molar-refractivity contribution is 7.92. The first-order chi connectivity index (χ1) is 7.87. The van der Waals surface area contributed by atoms with Crippen LogP contribution >= 0.6 is 0 Å². The lowest BCUT2D eigenvalue weighted by atomic mass is 10.6. The van der Waals surface area contributed by atoms with Gasteiger partial charge in [-0.15, -0.1) is 0 Å². The Labute approximate surface area is 104 Å². The highest BCUT2D eigenvalue weighted by Gasteiger charge is 2.33. The molecule has 17 heavy (non-hydrogen) atoms. The molecule has 0 bridgehead atoms. The second-order valence-corrected chi connectivity index (χ2v) is 11.3. The number of anilines is 1. The Morgan fingerprint density at radius 1 is 1.24 bits per heavy atom. The van der Waals surface area contributed by atoms with Crippen molar-refractivity contribution in [3.63, 3.8) is 0 Å². The van der Waals surface area contributed by atoms with Crippen LogP contribution in [0.15, 0.2) is 16.7 Å². The van der Waals surface area contributed by atoms with E-state index in [9.17, 15) is 8.42 Å². The number of hydrogen-bond acceptors (Lipinski definition) is 3. The average Bonchev–Trinajstić information content (AvgIpc) is 2.68. The van der Waals surface area contributed by atoms with Gasteiger partial charge >= 0.3 is 0 Å². The van der Waals surface area contributed by atoms with Crippen LogP contribution in [-0.4, -0.2) is 22.7 Å². The molecule has 98 valence electrons. The second kappa shape index (κ2) is 5.26. The molecule has 1 rings (SSSR count). The predicted octanol–water partition coefficient (Wildman–Crippen LogP) is 2.37. The van der Waals surface area contributed by atoms with E-state index in [2.05, 4.69) is 25.5 Å². The van der Waals surface area contributed by atoms with Gasteiger partial charge in [0, 0.05) is 0 Å². The van der Waals surface area contributed by atoms with Crippen molar-refractivity contribution in [2.24, 2.45) is 0 Å². The number of hydrogen-bond donors (Lipinski definition) is 1. The first-order valence-corrected chi connectivity index (χ1v) is 10.4. The monoisotopic (exact) mass is 275 g/mol. The molecule has 0 saturated heterocycles. The summed E-state index contributed by atoms with van der Waals surface area (Å²) in [6.45, 7) is 6.56. The topological polar surface area (TPSA) is 59.3 Å². The van der Waals surface area contributed by atoms with Crippen molar-refractivity contribution in [3.05, 3.63) is 12.3 Å². The van der Waals surface area contributed by atoms with Crippen LogP contribution in [0.5, 0.6) is 0 Å². The lowest BCUT2D eigenvalue weighted by Crippen LogP contribution is -2.44. The zero-order valence-electron chi connectivity index (χ0n) is 10.9. The van der Waals surface area contributed by atoms with Crippen LogP contribution in [-0.2, 0) is 10.0 Å². The lowest BCUT2D eigenvalue weighted by molar-refractivity contribution is 0.594. The first kappa shape index (κ1) is 14.3. The normalized spacial score (nSPS) is 12.7. The second-order valence-electron chi connectivity index (χ2n) is 4.41. The molecular weight excluding hydrogens is 254 g/mol. The predicted molar refractivity (Wildman–Crippen MR) is 74.0 cm³/mol. The molecule has 0 aliphatic carbocycles. The van der Waals surface area contributed by atoms with Gasteiger partial charge in [-0.05, 0) is 6.07 Å². The fourth-order valence-corrected chi connectivity index (χ4v) is 6.01. The third-order valence-electron chi connectivity index (χ3n) is 3.46. The van der Waals surface area contributed by atoms with E-state index in [1.54, 1.807) is 0 Å². The van der Waals surface area contributed by atoms with Crippen LogP contribution in [0.4, 0.5) is 5.69 Å². The third-order valence-corrected chi connectivity index (χ3v) is 9.43. The van der Waals surface area contributed by atoms with Gasteiger partial charge in [-0.2, -0.15) is 0 Å². The number of nitrogens with one attached hydrogen (secondary N) is 1. The zero-order chi connectivity index (χ0) is 13.1. The quantitative estimate of drug-likeness (QED) is 0.811. The van der Waals surface area contributed by atoms with Crippen molar-refractivity contribution >= 4 is 29.2 Å². The van der Waals surface area contributed by atoms with E-state index >= 15 is 0 Å². The number of furan rings is 1. The van der Waals surface area contributed by atoms with E-state index in [4.69, 9.17) is 4.42 Å². The number of sulfonamides is 1. The highest BCUT2D eigenvalue weighted by atomic mass is 32.2. The summed E-state index contributed by atoms with van der Waals surface area (Å²) in [7, 11) is -4.77. The maximum Gasteiger partial charge on any atom is 0.229 e. The summed E-state index contributed by atoms with van der Waals surface area (Å²) in [4.78, 5) is 0. The van der Waals surface area contributed by atoms with E-state index in [-0.39, 0.29) is 0 Å². The average molecular weight is 275 g/mol. The Balaban J connectivity index is 3.01. The summed E-state index contributed by atoms with van der Waals surface area (Å²) in [5, 5.41) is 0.996. The van der Waals surface area contributed by atoms with E-state index in [1.165, 1.54) is 6.26 Å². The molecule has 0 saturated carbocycles. The molecule has 0 radical (unpaired) electrons. The van der Waals surface area contributed by atoms with Crippen molar-refractivity contribution in [2.75, 3.05) is 11.0 Å². The van der Waals surface area contributed by atoms with Gasteiger partial charge in [0.25, 0.3) is 0 Å². The van der Waals surface area contributed by atoms with Gasteiger partial charge in [-0.25, -0.2) is 8.42 Å². The molecule has 0 aliphatic rings. The Morgan fingerprint density at radius 2 is 1.76 bits per heavy atom. The molecule has 4 nitrogen and oxygen atoms in total. The molecule has 1 N–H and O–H groups in total. The minimum Gasteiger partial charge on any atom is -0.472 e. The molecule has 1 heterocycles. The highest BCUT2D eigenvalue weighted by Crippen LogP contribution is 2.22. The van der Waals surface area contributed by atoms with Gasteiger partial charge in [0.15, 0.2) is 0 Å². The smallest absolute Gasteiger partial charge is 0.229 e. The van der Waals surface area contributed by atoms with Gasteiger partial charge < -0.3 is 4.42 Å². The van der Waals surface area contributed by atoms with Crippen LogP contribution in [0, 0.1) is 0 Å². The van der Waals surface area contributed by atoms with Crippen LogP contribution in [0.3, 0.4) is 0 Å². The van der Waals surface area contributed by atoms with Crippen LogP contribution in [0.1, 0.15) is 20.8 Å². The Morgan fingerprint density at radius 3 is 2.18 bits per heavy atom. The maximum absolute atomic E-state index is 11.1. The molecule has 0 amide bonds. The fourth-order valence-electron chi connectivity index (χ4n) is 2.15. The van der Waals surface area contributed by atoms with Crippen molar-refractivity contribution < 1.29 is 12.8 Å². The Kier molecular flexibility index (Phi) is 4.43. The molecular formula is C11H21NO3SSi. The van der Waals surface area contributed by atoms with Crippen molar-refractivity contribution in [1.29, 1.82) is 0 Å². The molecule has 0 atom stereocenters. The number of rotatable bonds is 6. The van der Waals surface area contributed by atoms with Crippen LogP contribution < -0.4 is 10.1 Å². The lowest BCUT2D eigenvalue weighted by Gasteiger charge is -2.24. The van der Waals surface area contributed by atoms with E-state index in [1.807, 2.05) is 6.07 Å². The zero-order valence-corrected chi connectivity index (χ0v) is 12.7. The summed E-state index contributed by atoms with van der Waals surface area (Å²) in [5.41, 5.74) is 0.537. The minimum atomic E-state index is -3.22. The van der Waals surface area contributed by atoms with E-state index in [0.29, 0.717) is 5.69 Å². The maximum atomic E-state index is 11.1. The molecule has 1 aromatic heterocycles. The SMILES string of the molecule is CC[Si](CC)(CC)c1cc(NS(C)(=O)=O)co1. The van der Waals surface area contributed by atoms with Gasteiger partial charge in [0.1, 0.15) is 14.3 Å². The van der Waals surface area contributed by atoms with Gasteiger partial charge in [0.2, 0.25) is 10.0 Å². The standard InChI is InChI=1S/C11H21NO3SSi/c1-5-17(6-2,7-3)11-8-10(9-15-11)12-16(4,13)14/h8-9,12H,5-7H2,1-4H3. The molecule has 0 aromatic carbocycles. The summed E-state index contributed by atoms with van der Waals surface area (Å²) < 4.78 is 30.3. The molecule has 0 aliphatic heterocycles. The molecule has 0 spiro atoms. The van der Waals surface area contributed by atoms with Crippen molar-refractivity contribution in [3.8, 4) is 0 Å². The molecule has 1 aromatic rings. The largest absolute Gasteiger partial charge is 0.472 e. The van der Waals surface area contributed by atoms with E-state index in [0.717, 1.165) is 29.8 Å². The summed E-state index contributed by atoms with van der Waals surface area (Å²) >= 11 is 0. The molecule has 0 unspecified atom stereocenters. The third kappa shape index (κ3) is 3.35. The molecule has 6 heteroatoms. The van der Waals surface area contributed by atoms with Gasteiger partial charge in [-0.1, -0.05) is 38.9 Å². The van der Waals surface area contributed by atoms with Gasteiger partial charge in [-0.3, -0.25) is 4.72 Å². The first-order valence-electron chi connectivity index (χ1n) is 5.93. The minimum absolute atomic E-state index is 0.537. The van der Waals surface area contributed by atoms with Crippen LogP contribution in [0.25, 0.3) is 0 Å². The fraction of sp³-hybridized carbons (Fsp3) is 0.636. The molecule has 0 fully saturated rings. The Bertz CT molecular complexity index is 455. The summed E-state index contributed by atoms with van der Waals surface area (Å²) in [5.74, 6) is 0.